The molecule has 1 aliphatic rings. The molecule has 0 saturated heterocycles. The lowest BCUT2D eigenvalue weighted by Gasteiger charge is -2.24. The first-order chi connectivity index (χ1) is 7.72. The Morgan fingerprint density at radius 2 is 1.62 bits per heavy atom. The Morgan fingerprint density at radius 3 is 2.12 bits per heavy atom. The van der Waals surface area contributed by atoms with E-state index in [-0.39, 0.29) is 0 Å². The van der Waals surface area contributed by atoms with Crippen LogP contribution in [0.5, 0.6) is 0 Å². The van der Waals surface area contributed by atoms with E-state index in [0.29, 0.717) is 5.92 Å². The Hall–Kier alpha value is -0.640. The topological polar surface area (TPSA) is 0 Å². The van der Waals surface area contributed by atoms with Crippen LogP contribution < -0.4 is 0 Å². The summed E-state index contributed by atoms with van der Waals surface area (Å²) >= 11 is 12.5. The standard InChI is InChI=1S/C14H14Cl2/c1-2-10-8-12(15)14(13(16)9-10)11-6-4-3-5-7-11/h1,8-9,11H,3-7H2. The van der Waals surface area contributed by atoms with Gasteiger partial charge in [0.15, 0.2) is 0 Å². The predicted molar refractivity (Wildman–Crippen MR) is 70.2 cm³/mol. The average molecular weight is 253 g/mol. The van der Waals surface area contributed by atoms with Crippen molar-refractivity contribution in [1.82, 2.24) is 0 Å². The Labute approximate surface area is 107 Å². The van der Waals surface area contributed by atoms with Gasteiger partial charge < -0.3 is 0 Å². The molecular formula is C14H14Cl2. The molecule has 0 radical (unpaired) electrons. The van der Waals surface area contributed by atoms with E-state index >= 15 is 0 Å². The summed E-state index contributed by atoms with van der Waals surface area (Å²) in [5, 5.41) is 1.46. The van der Waals surface area contributed by atoms with E-state index in [1.807, 2.05) is 12.1 Å². The highest BCUT2D eigenvalue weighted by Gasteiger charge is 2.21. The number of rotatable bonds is 1. The van der Waals surface area contributed by atoms with Crippen molar-refractivity contribution in [3.8, 4) is 12.3 Å². The van der Waals surface area contributed by atoms with Gasteiger partial charge in [0.25, 0.3) is 0 Å². The van der Waals surface area contributed by atoms with Crippen LogP contribution in [0.25, 0.3) is 0 Å². The highest BCUT2D eigenvalue weighted by Crippen LogP contribution is 2.40. The summed E-state index contributed by atoms with van der Waals surface area (Å²) in [5.41, 5.74) is 1.86. The monoisotopic (exact) mass is 252 g/mol. The van der Waals surface area contributed by atoms with Gasteiger partial charge >= 0.3 is 0 Å². The lowest BCUT2D eigenvalue weighted by Crippen LogP contribution is -2.06. The van der Waals surface area contributed by atoms with E-state index in [2.05, 4.69) is 5.92 Å². The smallest absolute Gasteiger partial charge is 0.0468 e. The highest BCUT2D eigenvalue weighted by atomic mass is 35.5. The zero-order chi connectivity index (χ0) is 11.5. The first kappa shape index (κ1) is 11.8. The van der Waals surface area contributed by atoms with Crippen molar-refractivity contribution in [3.63, 3.8) is 0 Å². The molecule has 1 fully saturated rings. The third-order valence-electron chi connectivity index (χ3n) is 3.26. The molecule has 0 nitrogen and oxygen atoms in total. The van der Waals surface area contributed by atoms with Gasteiger partial charge in [0.05, 0.1) is 0 Å². The Morgan fingerprint density at radius 1 is 1.06 bits per heavy atom. The van der Waals surface area contributed by atoms with E-state index in [9.17, 15) is 0 Å². The summed E-state index contributed by atoms with van der Waals surface area (Å²) in [4.78, 5) is 0. The first-order valence-electron chi connectivity index (χ1n) is 5.68. The highest BCUT2D eigenvalue weighted by molar-refractivity contribution is 6.36. The van der Waals surface area contributed by atoms with Gasteiger partial charge in [-0.2, -0.15) is 0 Å². The van der Waals surface area contributed by atoms with Crippen molar-refractivity contribution in [2.45, 2.75) is 38.0 Å². The zero-order valence-electron chi connectivity index (χ0n) is 9.10. The molecule has 1 aromatic rings. The van der Waals surface area contributed by atoms with Crippen LogP contribution in [0, 0.1) is 12.3 Å². The van der Waals surface area contributed by atoms with Crippen molar-refractivity contribution in [2.75, 3.05) is 0 Å². The molecule has 0 aliphatic heterocycles. The molecule has 1 aromatic carbocycles. The van der Waals surface area contributed by atoms with Crippen LogP contribution in [0.1, 0.15) is 49.1 Å². The summed E-state index contributed by atoms with van der Waals surface area (Å²) in [6.45, 7) is 0. The fourth-order valence-electron chi connectivity index (χ4n) is 2.45. The van der Waals surface area contributed by atoms with Crippen molar-refractivity contribution in [2.24, 2.45) is 0 Å². The number of benzene rings is 1. The van der Waals surface area contributed by atoms with Gasteiger partial charge in [-0.1, -0.05) is 48.4 Å². The van der Waals surface area contributed by atoms with Gasteiger partial charge in [-0.3, -0.25) is 0 Å². The van der Waals surface area contributed by atoms with Gasteiger partial charge in [-0.05, 0) is 36.5 Å². The second-order valence-electron chi connectivity index (χ2n) is 4.33. The van der Waals surface area contributed by atoms with Crippen LogP contribution in [0.2, 0.25) is 10.0 Å². The van der Waals surface area contributed by atoms with Crippen LogP contribution in [0.15, 0.2) is 12.1 Å². The minimum absolute atomic E-state index is 0.514. The largest absolute Gasteiger partial charge is 0.115 e. The summed E-state index contributed by atoms with van der Waals surface area (Å²) in [5.74, 6) is 3.08. The molecule has 0 amide bonds. The quantitative estimate of drug-likeness (QED) is 0.616. The molecule has 0 atom stereocenters. The maximum Gasteiger partial charge on any atom is 0.0468 e. The Balaban J connectivity index is 2.36. The van der Waals surface area contributed by atoms with E-state index in [0.717, 1.165) is 21.2 Å². The molecule has 2 heteroatoms. The molecule has 16 heavy (non-hydrogen) atoms. The summed E-state index contributed by atoms with van der Waals surface area (Å²) in [7, 11) is 0. The van der Waals surface area contributed by atoms with Crippen LogP contribution in [-0.4, -0.2) is 0 Å². The molecule has 2 rings (SSSR count). The lowest BCUT2D eigenvalue weighted by atomic mass is 9.84. The fourth-order valence-corrected chi connectivity index (χ4v) is 3.24. The summed E-state index contributed by atoms with van der Waals surface area (Å²) < 4.78 is 0. The number of hydrogen-bond donors (Lipinski definition) is 0. The molecule has 0 spiro atoms. The van der Waals surface area contributed by atoms with Gasteiger partial charge in [-0.15, -0.1) is 6.42 Å². The van der Waals surface area contributed by atoms with Crippen molar-refractivity contribution in [3.05, 3.63) is 33.3 Å². The first-order valence-corrected chi connectivity index (χ1v) is 6.43. The van der Waals surface area contributed by atoms with Gasteiger partial charge in [0.2, 0.25) is 0 Å². The van der Waals surface area contributed by atoms with Crippen molar-refractivity contribution in [1.29, 1.82) is 0 Å². The number of halogens is 2. The predicted octanol–water partition coefficient (Wildman–Crippen LogP) is 5.02. The third kappa shape index (κ3) is 2.37. The van der Waals surface area contributed by atoms with Crippen LogP contribution >= 0.6 is 23.2 Å². The number of terminal acetylenes is 1. The molecular weight excluding hydrogens is 239 g/mol. The second-order valence-corrected chi connectivity index (χ2v) is 5.15. The van der Waals surface area contributed by atoms with E-state index in [4.69, 9.17) is 29.6 Å². The van der Waals surface area contributed by atoms with Crippen molar-refractivity contribution < 1.29 is 0 Å². The SMILES string of the molecule is C#Cc1cc(Cl)c(C2CCCCC2)c(Cl)c1. The van der Waals surface area contributed by atoms with E-state index < -0.39 is 0 Å². The summed E-state index contributed by atoms with van der Waals surface area (Å²) in [6.07, 6.45) is 11.6. The average Bonchev–Trinajstić information content (AvgIpc) is 2.29. The third-order valence-corrected chi connectivity index (χ3v) is 3.88. The van der Waals surface area contributed by atoms with Crippen LogP contribution in [-0.2, 0) is 0 Å². The van der Waals surface area contributed by atoms with Crippen LogP contribution in [0.3, 0.4) is 0 Å². The summed E-state index contributed by atoms with van der Waals surface area (Å²) in [6, 6.07) is 3.69. The molecule has 0 bridgehead atoms. The van der Waals surface area contributed by atoms with Gasteiger partial charge in [0.1, 0.15) is 0 Å². The zero-order valence-corrected chi connectivity index (χ0v) is 10.6. The molecule has 1 saturated carbocycles. The fraction of sp³-hybridized carbons (Fsp3) is 0.429. The van der Waals surface area contributed by atoms with Crippen LogP contribution in [0.4, 0.5) is 0 Å². The number of hydrogen-bond acceptors (Lipinski definition) is 0. The minimum Gasteiger partial charge on any atom is -0.115 e. The van der Waals surface area contributed by atoms with E-state index in [1.165, 1.54) is 32.1 Å². The lowest BCUT2D eigenvalue weighted by molar-refractivity contribution is 0.444. The molecule has 1 aliphatic carbocycles. The molecule has 84 valence electrons. The maximum atomic E-state index is 6.27. The van der Waals surface area contributed by atoms with Crippen molar-refractivity contribution >= 4 is 23.2 Å². The molecule has 0 aromatic heterocycles. The molecule has 0 N–H and O–H groups in total. The Kier molecular flexibility index (Phi) is 3.79. The van der Waals surface area contributed by atoms with Gasteiger partial charge in [-0.25, -0.2) is 0 Å². The normalized spacial score (nSPS) is 17.1. The Bertz CT molecular complexity index is 400. The second kappa shape index (κ2) is 5.13. The molecule has 0 heterocycles. The maximum absolute atomic E-state index is 6.27. The van der Waals surface area contributed by atoms with Gasteiger partial charge in [0, 0.05) is 15.6 Å². The minimum atomic E-state index is 0.514. The van der Waals surface area contributed by atoms with E-state index in [1.54, 1.807) is 0 Å². The molecule has 0 unspecified atom stereocenters.